The molecule has 1 fully saturated rings. The Kier molecular flexibility index (Phi) is 5.11. The van der Waals surface area contributed by atoms with Gasteiger partial charge in [0, 0.05) is 25.0 Å². The maximum absolute atomic E-state index is 12.2. The number of urea groups is 1. The van der Waals surface area contributed by atoms with Gasteiger partial charge in [0.2, 0.25) is 5.95 Å². The molecule has 7 nitrogen and oxygen atoms in total. The Labute approximate surface area is 157 Å². The van der Waals surface area contributed by atoms with Crippen LogP contribution in [0.4, 0.5) is 16.4 Å². The number of hydrogen-bond acceptors (Lipinski definition) is 5. The molecule has 27 heavy (non-hydrogen) atoms. The first-order chi connectivity index (χ1) is 13.3. The van der Waals surface area contributed by atoms with E-state index in [-0.39, 0.29) is 6.03 Å². The van der Waals surface area contributed by atoms with Crippen molar-refractivity contribution < 1.29 is 9.53 Å². The number of ether oxygens (including phenoxy) is 1. The van der Waals surface area contributed by atoms with Crippen molar-refractivity contribution in [3.63, 3.8) is 0 Å². The molecule has 1 aromatic heterocycles. The van der Waals surface area contributed by atoms with Gasteiger partial charge in [-0.2, -0.15) is 0 Å². The first-order valence-corrected chi connectivity index (χ1v) is 8.96. The monoisotopic (exact) mass is 363 g/mol. The number of amides is 2. The molecule has 0 unspecified atom stereocenters. The van der Waals surface area contributed by atoms with E-state index in [0.29, 0.717) is 25.7 Å². The fraction of sp³-hybridized carbons (Fsp3) is 0.250. The molecule has 3 aromatic rings. The molecule has 0 spiro atoms. The Morgan fingerprint density at radius 1 is 1.07 bits per heavy atom. The Balaban J connectivity index is 1.35. The molecule has 2 heterocycles. The van der Waals surface area contributed by atoms with Crippen LogP contribution in [0.5, 0.6) is 0 Å². The smallest absolute Gasteiger partial charge is 0.319 e. The molecule has 0 aliphatic carbocycles. The summed E-state index contributed by atoms with van der Waals surface area (Å²) in [6.07, 6.45) is 1.72. The summed E-state index contributed by atoms with van der Waals surface area (Å²) in [5.74, 6) is 0.674. The number of nitrogens with one attached hydrogen (secondary N) is 2. The van der Waals surface area contributed by atoms with Crippen molar-refractivity contribution in [3.05, 3.63) is 60.4 Å². The summed E-state index contributed by atoms with van der Waals surface area (Å²) >= 11 is 0. The number of nitrogens with zero attached hydrogens (tertiary/aromatic N) is 3. The standard InChI is InChI=1S/C20H21N5O2/c26-20(24-17-6-5-15-3-1-2-4-16(15)13-17)22-14-18-7-8-21-19(23-18)25-9-11-27-12-10-25/h1-8,13H,9-12,14H2,(H2,22,24,26). The van der Waals surface area contributed by atoms with Crippen LogP contribution < -0.4 is 15.5 Å². The van der Waals surface area contributed by atoms with Gasteiger partial charge >= 0.3 is 6.03 Å². The second-order valence-electron chi connectivity index (χ2n) is 6.32. The van der Waals surface area contributed by atoms with Crippen molar-refractivity contribution in [2.24, 2.45) is 0 Å². The summed E-state index contributed by atoms with van der Waals surface area (Å²) in [6.45, 7) is 3.25. The predicted octanol–water partition coefficient (Wildman–Crippen LogP) is 2.79. The maximum atomic E-state index is 12.2. The van der Waals surface area contributed by atoms with Crippen LogP contribution in [0, 0.1) is 0 Å². The van der Waals surface area contributed by atoms with Crippen LogP contribution in [0.1, 0.15) is 5.69 Å². The van der Waals surface area contributed by atoms with E-state index in [1.54, 1.807) is 12.3 Å². The highest BCUT2D eigenvalue weighted by molar-refractivity contribution is 5.93. The summed E-state index contributed by atoms with van der Waals surface area (Å²) < 4.78 is 5.35. The molecular weight excluding hydrogens is 342 g/mol. The van der Waals surface area contributed by atoms with E-state index in [4.69, 9.17) is 4.74 Å². The van der Waals surface area contributed by atoms with Crippen LogP contribution in [0.15, 0.2) is 54.7 Å². The summed E-state index contributed by atoms with van der Waals surface area (Å²) in [4.78, 5) is 23.2. The third-order valence-corrected chi connectivity index (χ3v) is 4.43. The van der Waals surface area contributed by atoms with E-state index in [9.17, 15) is 4.79 Å². The highest BCUT2D eigenvalue weighted by atomic mass is 16.5. The molecule has 138 valence electrons. The Morgan fingerprint density at radius 2 is 1.89 bits per heavy atom. The molecule has 4 rings (SSSR count). The first kappa shape index (κ1) is 17.2. The number of aromatic nitrogens is 2. The van der Waals surface area contributed by atoms with E-state index in [2.05, 4.69) is 25.5 Å². The van der Waals surface area contributed by atoms with E-state index >= 15 is 0 Å². The van der Waals surface area contributed by atoms with E-state index in [1.165, 1.54) is 0 Å². The van der Waals surface area contributed by atoms with E-state index in [0.717, 1.165) is 35.2 Å². The molecule has 1 aliphatic rings. The zero-order valence-electron chi connectivity index (χ0n) is 14.9. The van der Waals surface area contributed by atoms with Crippen molar-refractivity contribution in [1.29, 1.82) is 0 Å². The Hall–Kier alpha value is -3.19. The third kappa shape index (κ3) is 4.32. The normalized spacial score (nSPS) is 14.1. The van der Waals surface area contributed by atoms with Gasteiger partial charge in [-0.15, -0.1) is 0 Å². The number of benzene rings is 2. The van der Waals surface area contributed by atoms with Crippen molar-refractivity contribution >= 4 is 28.4 Å². The van der Waals surface area contributed by atoms with Crippen molar-refractivity contribution in [3.8, 4) is 0 Å². The van der Waals surface area contributed by atoms with Crippen molar-refractivity contribution in [2.45, 2.75) is 6.54 Å². The van der Waals surface area contributed by atoms with Gasteiger partial charge in [-0.1, -0.05) is 30.3 Å². The average molecular weight is 363 g/mol. The molecule has 7 heteroatoms. The van der Waals surface area contributed by atoms with Gasteiger partial charge in [0.15, 0.2) is 0 Å². The highest BCUT2D eigenvalue weighted by Crippen LogP contribution is 2.18. The van der Waals surface area contributed by atoms with Crippen molar-refractivity contribution in [2.75, 3.05) is 36.5 Å². The molecule has 1 aliphatic heterocycles. The van der Waals surface area contributed by atoms with Gasteiger partial charge in [-0.3, -0.25) is 0 Å². The molecular formula is C20H21N5O2. The van der Waals surface area contributed by atoms with Crippen LogP contribution in [0.2, 0.25) is 0 Å². The van der Waals surface area contributed by atoms with Crippen LogP contribution in [-0.2, 0) is 11.3 Å². The maximum Gasteiger partial charge on any atom is 0.319 e. The molecule has 1 saturated heterocycles. The van der Waals surface area contributed by atoms with E-state index in [1.807, 2.05) is 42.5 Å². The molecule has 0 bridgehead atoms. The van der Waals surface area contributed by atoms with Gasteiger partial charge in [-0.25, -0.2) is 14.8 Å². The lowest BCUT2D eigenvalue weighted by molar-refractivity contribution is 0.122. The number of rotatable bonds is 4. The lowest BCUT2D eigenvalue weighted by Gasteiger charge is -2.26. The largest absolute Gasteiger partial charge is 0.378 e. The van der Waals surface area contributed by atoms with Crippen molar-refractivity contribution in [1.82, 2.24) is 15.3 Å². The molecule has 0 saturated carbocycles. The highest BCUT2D eigenvalue weighted by Gasteiger charge is 2.14. The average Bonchev–Trinajstić information content (AvgIpc) is 2.73. The molecule has 2 amide bonds. The number of carbonyl (C=O) groups is 1. The second-order valence-corrected chi connectivity index (χ2v) is 6.32. The van der Waals surface area contributed by atoms with Gasteiger partial charge in [-0.05, 0) is 29.0 Å². The topological polar surface area (TPSA) is 79.4 Å². The number of carbonyl (C=O) groups excluding carboxylic acids is 1. The summed E-state index contributed by atoms with van der Waals surface area (Å²) in [6, 6.07) is 15.4. The minimum absolute atomic E-state index is 0.267. The number of hydrogen-bond donors (Lipinski definition) is 2. The fourth-order valence-corrected chi connectivity index (χ4v) is 3.01. The minimum atomic E-state index is -0.267. The van der Waals surface area contributed by atoms with Gasteiger partial charge < -0.3 is 20.3 Å². The number of fused-ring (bicyclic) bond motifs is 1. The summed E-state index contributed by atoms with van der Waals surface area (Å²) in [7, 11) is 0. The number of morpholine rings is 1. The quantitative estimate of drug-likeness (QED) is 0.745. The van der Waals surface area contributed by atoms with Gasteiger partial charge in [0.1, 0.15) is 0 Å². The lowest BCUT2D eigenvalue weighted by Crippen LogP contribution is -2.37. The van der Waals surface area contributed by atoms with Crippen LogP contribution in [0.3, 0.4) is 0 Å². The molecule has 2 aromatic carbocycles. The number of anilines is 2. The Bertz CT molecular complexity index is 940. The second kappa shape index (κ2) is 8.01. The molecule has 2 N–H and O–H groups in total. The van der Waals surface area contributed by atoms with Crippen LogP contribution >= 0.6 is 0 Å². The fourth-order valence-electron chi connectivity index (χ4n) is 3.01. The minimum Gasteiger partial charge on any atom is -0.378 e. The van der Waals surface area contributed by atoms with Crippen LogP contribution in [-0.4, -0.2) is 42.3 Å². The lowest BCUT2D eigenvalue weighted by atomic mass is 10.1. The van der Waals surface area contributed by atoms with Gasteiger partial charge in [0.05, 0.1) is 25.5 Å². The van der Waals surface area contributed by atoms with Crippen LogP contribution in [0.25, 0.3) is 10.8 Å². The van der Waals surface area contributed by atoms with E-state index < -0.39 is 0 Å². The van der Waals surface area contributed by atoms with Gasteiger partial charge in [0.25, 0.3) is 0 Å². The third-order valence-electron chi connectivity index (χ3n) is 4.43. The Morgan fingerprint density at radius 3 is 2.74 bits per heavy atom. The zero-order chi connectivity index (χ0) is 18.5. The molecule has 0 atom stereocenters. The molecule has 0 radical (unpaired) electrons. The summed E-state index contributed by atoms with van der Waals surface area (Å²) in [5.41, 5.74) is 1.52. The summed E-state index contributed by atoms with van der Waals surface area (Å²) in [5, 5.41) is 7.93. The first-order valence-electron chi connectivity index (χ1n) is 8.96. The zero-order valence-corrected chi connectivity index (χ0v) is 14.9. The SMILES string of the molecule is O=C(NCc1ccnc(N2CCOCC2)n1)Nc1ccc2ccccc2c1. The predicted molar refractivity (Wildman–Crippen MR) is 105 cm³/mol.